The third-order valence-corrected chi connectivity index (χ3v) is 6.14. The number of esters is 1. The zero-order valence-corrected chi connectivity index (χ0v) is 19.9. The predicted octanol–water partition coefficient (Wildman–Crippen LogP) is 4.42. The minimum absolute atomic E-state index is 0.122. The molecule has 0 bridgehead atoms. The molecule has 10 heteroatoms. The Kier molecular flexibility index (Phi) is 7.07. The lowest BCUT2D eigenvalue weighted by Gasteiger charge is -2.15. The van der Waals surface area contributed by atoms with E-state index in [0.717, 1.165) is 0 Å². The number of amides is 2. The SMILES string of the molecule is COC(=O)C1(NC(=O)c2ccc(-c3nocc3CNC(=O)OC(C)c3ccccc3Cl)cc2)CC1. The molecule has 4 rings (SSSR count). The van der Waals surface area contributed by atoms with Crippen LogP contribution in [0.5, 0.6) is 0 Å². The van der Waals surface area contributed by atoms with Crippen LogP contribution in [-0.4, -0.2) is 35.8 Å². The zero-order chi connectivity index (χ0) is 25.0. The number of nitrogens with one attached hydrogen (secondary N) is 2. The molecule has 0 spiro atoms. The Bertz CT molecular complexity index is 1240. The summed E-state index contributed by atoms with van der Waals surface area (Å²) < 4.78 is 15.3. The fourth-order valence-corrected chi connectivity index (χ4v) is 3.92. The van der Waals surface area contributed by atoms with Crippen molar-refractivity contribution >= 4 is 29.6 Å². The van der Waals surface area contributed by atoms with Gasteiger partial charge in [-0.3, -0.25) is 4.79 Å². The smallest absolute Gasteiger partial charge is 0.408 e. The second-order valence-electron chi connectivity index (χ2n) is 8.22. The molecule has 3 aromatic rings. The fraction of sp³-hybridized carbons (Fsp3) is 0.280. The molecule has 2 N–H and O–H groups in total. The van der Waals surface area contributed by atoms with E-state index in [1.165, 1.54) is 13.4 Å². The maximum Gasteiger partial charge on any atom is 0.408 e. The van der Waals surface area contributed by atoms with Gasteiger partial charge in [-0.15, -0.1) is 0 Å². The second kappa shape index (κ2) is 10.2. The van der Waals surface area contributed by atoms with Crippen molar-refractivity contribution in [2.45, 2.75) is 38.0 Å². The fourth-order valence-electron chi connectivity index (χ4n) is 3.63. The average molecular weight is 498 g/mol. The van der Waals surface area contributed by atoms with Gasteiger partial charge in [-0.25, -0.2) is 9.59 Å². The molecule has 1 atom stereocenters. The molecule has 35 heavy (non-hydrogen) atoms. The van der Waals surface area contributed by atoms with E-state index in [1.54, 1.807) is 49.4 Å². The van der Waals surface area contributed by atoms with Crippen LogP contribution in [0.1, 0.15) is 47.4 Å². The molecule has 2 amide bonds. The quantitative estimate of drug-likeness (QED) is 0.442. The highest BCUT2D eigenvalue weighted by atomic mass is 35.5. The molecular weight excluding hydrogens is 474 g/mol. The Hall–Kier alpha value is -3.85. The first kappa shape index (κ1) is 24.3. The summed E-state index contributed by atoms with van der Waals surface area (Å²) in [5.41, 5.74) is 2.02. The monoisotopic (exact) mass is 497 g/mol. The molecule has 1 heterocycles. The summed E-state index contributed by atoms with van der Waals surface area (Å²) in [4.78, 5) is 36.7. The number of carbonyl (C=O) groups is 3. The van der Waals surface area contributed by atoms with Gasteiger partial charge in [0.2, 0.25) is 0 Å². The molecule has 0 aliphatic heterocycles. The standard InChI is InChI=1S/C25H24ClN3O6/c1-15(19-5-3-4-6-20(19)26)35-24(32)27-13-18-14-34-29-21(18)16-7-9-17(10-8-16)22(30)28-25(11-12-25)23(31)33-2/h3-10,14-15H,11-13H2,1-2H3,(H,27,32)(H,28,30). The van der Waals surface area contributed by atoms with E-state index >= 15 is 0 Å². The molecule has 2 aromatic carbocycles. The number of nitrogens with zero attached hydrogens (tertiary/aromatic N) is 1. The number of methoxy groups -OCH3 is 1. The highest BCUT2D eigenvalue weighted by Gasteiger charge is 2.52. The van der Waals surface area contributed by atoms with Gasteiger partial charge < -0.3 is 24.6 Å². The number of rotatable bonds is 8. The predicted molar refractivity (Wildman–Crippen MR) is 127 cm³/mol. The highest BCUT2D eigenvalue weighted by molar-refractivity contribution is 6.31. The summed E-state index contributed by atoms with van der Waals surface area (Å²) in [6.45, 7) is 1.86. The summed E-state index contributed by atoms with van der Waals surface area (Å²) in [5.74, 6) is -0.807. The van der Waals surface area contributed by atoms with E-state index in [9.17, 15) is 14.4 Å². The van der Waals surface area contributed by atoms with Crippen LogP contribution in [-0.2, 0) is 20.8 Å². The van der Waals surface area contributed by atoms with Gasteiger partial charge in [0.15, 0.2) is 0 Å². The van der Waals surface area contributed by atoms with Gasteiger partial charge in [0.05, 0.1) is 13.7 Å². The van der Waals surface area contributed by atoms with Crippen LogP contribution in [0.2, 0.25) is 5.02 Å². The number of hydrogen-bond acceptors (Lipinski definition) is 7. The number of alkyl carbamates (subject to hydrolysis) is 1. The third-order valence-electron chi connectivity index (χ3n) is 5.79. The minimum Gasteiger partial charge on any atom is -0.467 e. The first-order valence-corrected chi connectivity index (χ1v) is 11.3. The van der Waals surface area contributed by atoms with Gasteiger partial charge in [0, 0.05) is 27.3 Å². The van der Waals surface area contributed by atoms with Gasteiger partial charge in [0.25, 0.3) is 5.91 Å². The normalized spacial score (nSPS) is 14.5. The van der Waals surface area contributed by atoms with E-state index in [0.29, 0.717) is 45.8 Å². The molecule has 1 saturated carbocycles. The van der Waals surface area contributed by atoms with Crippen molar-refractivity contribution in [1.82, 2.24) is 15.8 Å². The third kappa shape index (κ3) is 5.46. The first-order valence-electron chi connectivity index (χ1n) is 11.0. The number of carbonyl (C=O) groups excluding carboxylic acids is 3. The molecule has 182 valence electrons. The van der Waals surface area contributed by atoms with Crippen LogP contribution in [0.25, 0.3) is 11.3 Å². The van der Waals surface area contributed by atoms with Gasteiger partial charge >= 0.3 is 12.1 Å². The number of aromatic nitrogens is 1. The van der Waals surface area contributed by atoms with Crippen molar-refractivity contribution in [3.8, 4) is 11.3 Å². The Morgan fingerprint density at radius 3 is 2.51 bits per heavy atom. The molecule has 1 aliphatic carbocycles. The lowest BCUT2D eigenvalue weighted by Crippen LogP contribution is -2.43. The lowest BCUT2D eigenvalue weighted by molar-refractivity contribution is -0.144. The summed E-state index contributed by atoms with van der Waals surface area (Å²) in [6.07, 6.45) is 1.40. The van der Waals surface area contributed by atoms with Gasteiger partial charge in [-0.2, -0.15) is 0 Å². The van der Waals surface area contributed by atoms with Crippen molar-refractivity contribution in [3.05, 3.63) is 76.5 Å². The van der Waals surface area contributed by atoms with E-state index in [1.807, 2.05) is 6.07 Å². The number of ether oxygens (including phenoxy) is 2. The largest absolute Gasteiger partial charge is 0.467 e. The molecule has 0 saturated heterocycles. The topological polar surface area (TPSA) is 120 Å². The molecular formula is C25H24ClN3O6. The van der Waals surface area contributed by atoms with Crippen LogP contribution in [0.15, 0.2) is 59.3 Å². The summed E-state index contributed by atoms with van der Waals surface area (Å²) in [5, 5.41) is 9.96. The molecule has 1 unspecified atom stereocenters. The second-order valence-corrected chi connectivity index (χ2v) is 8.62. The van der Waals surface area contributed by atoms with Crippen LogP contribution >= 0.6 is 11.6 Å². The highest BCUT2D eigenvalue weighted by Crippen LogP contribution is 2.37. The number of benzene rings is 2. The molecule has 1 aromatic heterocycles. The van der Waals surface area contributed by atoms with Crippen LogP contribution in [0.4, 0.5) is 4.79 Å². The Labute approximate surface area is 206 Å². The van der Waals surface area contributed by atoms with Gasteiger partial charge in [0.1, 0.15) is 23.6 Å². The summed E-state index contributed by atoms with van der Waals surface area (Å²) >= 11 is 6.16. The molecule has 0 radical (unpaired) electrons. The van der Waals surface area contributed by atoms with Crippen molar-refractivity contribution < 1.29 is 28.4 Å². The Balaban J connectivity index is 1.36. The first-order chi connectivity index (χ1) is 16.8. The van der Waals surface area contributed by atoms with E-state index in [2.05, 4.69) is 15.8 Å². The van der Waals surface area contributed by atoms with Crippen molar-refractivity contribution in [1.29, 1.82) is 0 Å². The summed E-state index contributed by atoms with van der Waals surface area (Å²) in [7, 11) is 1.30. The Morgan fingerprint density at radius 1 is 1.14 bits per heavy atom. The summed E-state index contributed by atoms with van der Waals surface area (Å²) in [6, 6.07) is 13.8. The number of halogens is 1. The zero-order valence-electron chi connectivity index (χ0n) is 19.2. The van der Waals surface area contributed by atoms with Gasteiger partial charge in [-0.05, 0) is 38.0 Å². The number of hydrogen-bond donors (Lipinski definition) is 2. The Morgan fingerprint density at radius 2 is 1.86 bits per heavy atom. The average Bonchev–Trinajstić information content (AvgIpc) is 3.49. The van der Waals surface area contributed by atoms with Crippen LogP contribution in [0, 0.1) is 0 Å². The molecule has 1 fully saturated rings. The van der Waals surface area contributed by atoms with E-state index in [4.69, 9.17) is 25.6 Å². The maximum atomic E-state index is 12.6. The lowest BCUT2D eigenvalue weighted by atomic mass is 10.1. The van der Waals surface area contributed by atoms with E-state index in [-0.39, 0.29) is 12.5 Å². The van der Waals surface area contributed by atoms with Crippen LogP contribution < -0.4 is 10.6 Å². The van der Waals surface area contributed by atoms with Crippen molar-refractivity contribution in [3.63, 3.8) is 0 Å². The molecule has 9 nitrogen and oxygen atoms in total. The van der Waals surface area contributed by atoms with Crippen molar-refractivity contribution in [2.75, 3.05) is 7.11 Å². The van der Waals surface area contributed by atoms with Crippen LogP contribution in [0.3, 0.4) is 0 Å². The molecule has 1 aliphatic rings. The van der Waals surface area contributed by atoms with Gasteiger partial charge in [-0.1, -0.05) is 47.1 Å². The van der Waals surface area contributed by atoms with E-state index < -0.39 is 23.7 Å². The van der Waals surface area contributed by atoms with Crippen molar-refractivity contribution in [2.24, 2.45) is 0 Å². The minimum atomic E-state index is -0.923. The maximum absolute atomic E-state index is 12.6.